The van der Waals surface area contributed by atoms with Gasteiger partial charge in [-0.3, -0.25) is 9.79 Å². The van der Waals surface area contributed by atoms with Crippen LogP contribution in [-0.4, -0.2) is 47.9 Å². The van der Waals surface area contributed by atoms with Gasteiger partial charge in [0, 0.05) is 13.2 Å². The summed E-state index contributed by atoms with van der Waals surface area (Å²) in [5, 5.41) is 20.3. The van der Waals surface area contributed by atoms with Crippen LogP contribution >= 0.6 is 12.4 Å². The van der Waals surface area contributed by atoms with Crippen LogP contribution in [0.15, 0.2) is 4.99 Å². The number of carboxylic acid groups (broad SMARTS) is 1. The number of carbonyl (C=O) groups is 1. The van der Waals surface area contributed by atoms with Crippen molar-refractivity contribution >= 4 is 24.3 Å². The number of aliphatic imine (C=N–C) groups is 1. The van der Waals surface area contributed by atoms with E-state index in [2.05, 4.69) is 10.3 Å². The minimum Gasteiger partial charge on any atom is -0.480 e. The molecule has 0 fully saturated rings. The van der Waals surface area contributed by atoms with Gasteiger partial charge < -0.3 is 27.0 Å². The number of guanidine groups is 1. The zero-order chi connectivity index (χ0) is 12.4. The van der Waals surface area contributed by atoms with Crippen LogP contribution in [-0.2, 0) is 4.79 Å². The monoisotopic (exact) mass is 268 g/mol. The van der Waals surface area contributed by atoms with E-state index in [1.54, 1.807) is 0 Å². The molecule has 0 saturated carbocycles. The topological polar surface area (TPSA) is 134 Å². The molecular formula is C9H21ClN4O3. The van der Waals surface area contributed by atoms with Gasteiger partial charge in [-0.1, -0.05) is 0 Å². The van der Waals surface area contributed by atoms with E-state index in [0.29, 0.717) is 32.4 Å². The van der Waals surface area contributed by atoms with Crippen molar-refractivity contribution in [2.75, 3.05) is 19.7 Å². The second-order valence-electron chi connectivity index (χ2n) is 3.37. The summed E-state index contributed by atoms with van der Waals surface area (Å²) in [7, 11) is 0. The number of aliphatic carboxylic acids is 1. The number of halogens is 1. The molecule has 1 atom stereocenters. The Bertz CT molecular complexity index is 234. The lowest BCUT2D eigenvalue weighted by atomic mass is 10.1. The quantitative estimate of drug-likeness (QED) is 0.204. The molecule has 0 amide bonds. The zero-order valence-corrected chi connectivity index (χ0v) is 10.4. The molecule has 0 aliphatic heterocycles. The van der Waals surface area contributed by atoms with Gasteiger partial charge >= 0.3 is 5.97 Å². The molecule has 0 heterocycles. The molecule has 0 radical (unpaired) electrons. The fourth-order valence-corrected chi connectivity index (χ4v) is 1.17. The molecule has 0 bridgehead atoms. The maximum absolute atomic E-state index is 10.8. The summed E-state index contributed by atoms with van der Waals surface area (Å²) in [4.78, 5) is 14.6. The van der Waals surface area contributed by atoms with Gasteiger partial charge in [0.1, 0.15) is 6.04 Å². The Labute approximate surface area is 107 Å². The van der Waals surface area contributed by atoms with E-state index in [4.69, 9.17) is 21.7 Å². The first-order valence-corrected chi connectivity index (χ1v) is 5.20. The molecule has 8 heteroatoms. The van der Waals surface area contributed by atoms with E-state index >= 15 is 0 Å². The highest BCUT2D eigenvalue weighted by atomic mass is 35.5. The summed E-state index contributed by atoms with van der Waals surface area (Å²) in [5.41, 5.74) is 10.3. The van der Waals surface area contributed by atoms with Crippen LogP contribution in [0, 0.1) is 0 Å². The number of carboxylic acids is 1. The number of nitrogens with one attached hydrogen (secondary N) is 1. The molecule has 0 aromatic carbocycles. The van der Waals surface area contributed by atoms with Crippen LogP contribution in [0.1, 0.15) is 19.3 Å². The summed E-state index contributed by atoms with van der Waals surface area (Å²) in [6, 6.07) is -0.610. The maximum atomic E-state index is 10.8. The molecule has 1 unspecified atom stereocenters. The summed E-state index contributed by atoms with van der Waals surface area (Å²) < 4.78 is 0. The SMILES string of the molecule is Cl.NC(N)=NCCCC(NCCCO)C(=O)O. The first-order chi connectivity index (χ1) is 7.57. The zero-order valence-electron chi connectivity index (χ0n) is 9.63. The number of hydrogen-bond donors (Lipinski definition) is 5. The molecule has 17 heavy (non-hydrogen) atoms. The molecule has 0 aliphatic carbocycles. The van der Waals surface area contributed by atoms with Crippen LogP contribution < -0.4 is 16.8 Å². The van der Waals surface area contributed by atoms with E-state index < -0.39 is 12.0 Å². The number of nitrogens with zero attached hydrogens (tertiary/aromatic N) is 1. The molecule has 0 spiro atoms. The van der Waals surface area contributed by atoms with Gasteiger partial charge in [-0.25, -0.2) is 0 Å². The van der Waals surface area contributed by atoms with Crippen molar-refractivity contribution < 1.29 is 15.0 Å². The second-order valence-corrected chi connectivity index (χ2v) is 3.37. The average molecular weight is 269 g/mol. The predicted molar refractivity (Wildman–Crippen MR) is 68.3 cm³/mol. The highest BCUT2D eigenvalue weighted by Gasteiger charge is 2.15. The van der Waals surface area contributed by atoms with Gasteiger partial charge in [-0.05, 0) is 25.8 Å². The molecule has 0 rings (SSSR count). The Morgan fingerprint density at radius 1 is 1.35 bits per heavy atom. The summed E-state index contributed by atoms with van der Waals surface area (Å²) in [6.07, 6.45) is 1.59. The van der Waals surface area contributed by atoms with Crippen molar-refractivity contribution in [2.24, 2.45) is 16.5 Å². The highest BCUT2D eigenvalue weighted by molar-refractivity contribution is 5.85. The van der Waals surface area contributed by atoms with Gasteiger partial charge in [0.05, 0.1) is 0 Å². The van der Waals surface area contributed by atoms with Crippen LogP contribution in [0.25, 0.3) is 0 Å². The summed E-state index contributed by atoms with van der Waals surface area (Å²) >= 11 is 0. The Balaban J connectivity index is 0. The Kier molecular flexibility index (Phi) is 12.3. The lowest BCUT2D eigenvalue weighted by molar-refractivity contribution is -0.139. The lowest BCUT2D eigenvalue weighted by Crippen LogP contribution is -2.37. The highest BCUT2D eigenvalue weighted by Crippen LogP contribution is 1.98. The van der Waals surface area contributed by atoms with Gasteiger partial charge in [0.15, 0.2) is 5.96 Å². The molecule has 7 N–H and O–H groups in total. The van der Waals surface area contributed by atoms with Crippen molar-refractivity contribution in [1.29, 1.82) is 0 Å². The molecule has 0 saturated heterocycles. The third-order valence-electron chi connectivity index (χ3n) is 1.97. The van der Waals surface area contributed by atoms with Crippen molar-refractivity contribution in [3.8, 4) is 0 Å². The van der Waals surface area contributed by atoms with E-state index in [1.165, 1.54) is 0 Å². The fourth-order valence-electron chi connectivity index (χ4n) is 1.17. The average Bonchev–Trinajstić information content (AvgIpc) is 2.21. The molecule has 0 aromatic rings. The maximum Gasteiger partial charge on any atom is 0.320 e. The number of aliphatic hydroxyl groups is 1. The lowest BCUT2D eigenvalue weighted by Gasteiger charge is -2.13. The minimum atomic E-state index is -0.900. The number of hydrogen-bond acceptors (Lipinski definition) is 4. The van der Waals surface area contributed by atoms with Crippen LogP contribution in [0.2, 0.25) is 0 Å². The van der Waals surface area contributed by atoms with E-state index in [0.717, 1.165) is 0 Å². The molecule has 102 valence electrons. The Hall–Kier alpha value is -1.05. The van der Waals surface area contributed by atoms with Gasteiger partial charge in [0.2, 0.25) is 0 Å². The van der Waals surface area contributed by atoms with Crippen molar-refractivity contribution in [3.05, 3.63) is 0 Å². The van der Waals surface area contributed by atoms with Crippen molar-refractivity contribution in [2.45, 2.75) is 25.3 Å². The Morgan fingerprint density at radius 2 is 2.00 bits per heavy atom. The molecule has 0 aromatic heterocycles. The summed E-state index contributed by atoms with van der Waals surface area (Å²) in [6.45, 7) is 0.955. The predicted octanol–water partition coefficient (Wildman–Crippen LogP) is -1.11. The van der Waals surface area contributed by atoms with Crippen molar-refractivity contribution in [3.63, 3.8) is 0 Å². The largest absolute Gasteiger partial charge is 0.480 e. The third-order valence-corrected chi connectivity index (χ3v) is 1.97. The third kappa shape index (κ3) is 11.2. The minimum absolute atomic E-state index is 0. The first kappa shape index (κ1) is 18.3. The van der Waals surface area contributed by atoms with Crippen LogP contribution in [0.3, 0.4) is 0 Å². The van der Waals surface area contributed by atoms with Crippen molar-refractivity contribution in [1.82, 2.24) is 5.32 Å². The van der Waals surface area contributed by atoms with Crippen LogP contribution in [0.4, 0.5) is 0 Å². The first-order valence-electron chi connectivity index (χ1n) is 5.20. The summed E-state index contributed by atoms with van der Waals surface area (Å²) in [5.74, 6) is -0.886. The van der Waals surface area contributed by atoms with Crippen LogP contribution in [0.5, 0.6) is 0 Å². The standard InChI is InChI=1S/C9H20N4O3.ClH/c10-9(11)13-4-1-3-7(8(15)16)12-5-2-6-14;/h7,12,14H,1-6H2,(H,15,16)(H4,10,11,13);1H. The number of rotatable bonds is 9. The molecular weight excluding hydrogens is 248 g/mol. The smallest absolute Gasteiger partial charge is 0.320 e. The van der Waals surface area contributed by atoms with Gasteiger partial charge in [-0.2, -0.15) is 0 Å². The number of aliphatic hydroxyl groups excluding tert-OH is 1. The van der Waals surface area contributed by atoms with E-state index in [1.807, 2.05) is 0 Å². The Morgan fingerprint density at radius 3 is 2.47 bits per heavy atom. The normalized spacial score (nSPS) is 11.4. The van der Waals surface area contributed by atoms with Gasteiger partial charge in [0.25, 0.3) is 0 Å². The molecule has 0 aliphatic rings. The number of nitrogens with two attached hydrogens (primary N) is 2. The molecule has 7 nitrogen and oxygen atoms in total. The van der Waals surface area contributed by atoms with E-state index in [9.17, 15) is 4.79 Å². The van der Waals surface area contributed by atoms with E-state index in [-0.39, 0.29) is 25.0 Å². The fraction of sp³-hybridized carbons (Fsp3) is 0.778. The second kappa shape index (κ2) is 11.4. The van der Waals surface area contributed by atoms with Gasteiger partial charge in [-0.15, -0.1) is 12.4 Å².